The van der Waals surface area contributed by atoms with E-state index in [4.69, 9.17) is 0 Å². The van der Waals surface area contributed by atoms with Crippen molar-refractivity contribution < 1.29 is 4.79 Å². The van der Waals surface area contributed by atoms with Gasteiger partial charge in [-0.2, -0.15) is 0 Å². The van der Waals surface area contributed by atoms with Gasteiger partial charge < -0.3 is 5.73 Å². The lowest BCUT2D eigenvalue weighted by Gasteiger charge is -1.98. The maximum atomic E-state index is 10.4. The van der Waals surface area contributed by atoms with Gasteiger partial charge in [-0.25, -0.2) is 0 Å². The van der Waals surface area contributed by atoms with Crippen LogP contribution in [-0.4, -0.2) is 12.8 Å². The average molecular weight is 161 g/mol. The molecule has 0 aliphatic heterocycles. The van der Waals surface area contributed by atoms with Gasteiger partial charge in [-0.05, 0) is 20.4 Å². The van der Waals surface area contributed by atoms with Gasteiger partial charge in [0.05, 0.1) is 0 Å². The molecule has 0 aromatic rings. The second kappa shape index (κ2) is 16.3. The fraction of sp³-hybridized carbons (Fsp3) is 0.889. The Hall–Kier alpha value is -0.370. The number of hydrogen-bond donors (Lipinski definition) is 1. The zero-order chi connectivity index (χ0) is 9.86. The summed E-state index contributed by atoms with van der Waals surface area (Å²) in [4.78, 5) is 10.4. The molecular weight excluding hydrogens is 138 g/mol. The number of ketones is 1. The largest absolute Gasteiger partial charge is 0.333 e. The van der Waals surface area contributed by atoms with Gasteiger partial charge in [0, 0.05) is 5.92 Å². The van der Waals surface area contributed by atoms with Crippen molar-refractivity contribution in [3.63, 3.8) is 0 Å². The molecule has 0 saturated heterocycles. The first-order valence-electron chi connectivity index (χ1n) is 4.26. The van der Waals surface area contributed by atoms with Crippen molar-refractivity contribution in [2.75, 3.05) is 7.05 Å². The Morgan fingerprint density at radius 3 is 1.64 bits per heavy atom. The number of hydrogen-bond acceptors (Lipinski definition) is 2. The standard InChI is InChI=1S/C6H12O.C2H6.CH5N/c1-4-5(2)6(3)7;2*1-2/h5H,4H2,1-3H3;1-2H3;2H2,1H3/t5-;;/m0../s1. The van der Waals surface area contributed by atoms with Crippen molar-refractivity contribution in [2.24, 2.45) is 11.7 Å². The predicted molar refractivity (Wildman–Crippen MR) is 51.6 cm³/mol. The van der Waals surface area contributed by atoms with Crippen molar-refractivity contribution >= 4 is 5.78 Å². The molecule has 0 radical (unpaired) electrons. The molecule has 0 aliphatic rings. The Labute approximate surface area is 71.2 Å². The molecule has 2 nitrogen and oxygen atoms in total. The van der Waals surface area contributed by atoms with Crippen LogP contribution in [0.4, 0.5) is 0 Å². The molecule has 0 heterocycles. The Morgan fingerprint density at radius 2 is 1.64 bits per heavy atom. The van der Waals surface area contributed by atoms with Crippen molar-refractivity contribution in [3.05, 3.63) is 0 Å². The molecule has 0 fully saturated rings. The van der Waals surface area contributed by atoms with E-state index in [-0.39, 0.29) is 5.92 Å². The first kappa shape index (κ1) is 16.9. The minimum atomic E-state index is 0.264. The van der Waals surface area contributed by atoms with Crippen LogP contribution in [-0.2, 0) is 4.79 Å². The molecule has 0 bridgehead atoms. The molecule has 2 N–H and O–H groups in total. The smallest absolute Gasteiger partial charge is 0.132 e. The normalized spacial score (nSPS) is 9.73. The van der Waals surface area contributed by atoms with Crippen molar-refractivity contribution in [2.45, 2.75) is 41.0 Å². The minimum Gasteiger partial charge on any atom is -0.333 e. The molecule has 0 aliphatic carbocycles. The quantitative estimate of drug-likeness (QED) is 0.675. The minimum absolute atomic E-state index is 0.264. The van der Waals surface area contributed by atoms with Gasteiger partial charge in [-0.3, -0.25) is 4.79 Å². The summed E-state index contributed by atoms with van der Waals surface area (Å²) in [7, 11) is 1.50. The Morgan fingerprint density at radius 1 is 1.36 bits per heavy atom. The summed E-state index contributed by atoms with van der Waals surface area (Å²) in [6.07, 6.45) is 0.968. The Bertz CT molecular complexity index is 72.0. The summed E-state index contributed by atoms with van der Waals surface area (Å²) in [5, 5.41) is 0. The SMILES string of the molecule is CC.CC[C@H](C)C(C)=O.CN. The van der Waals surface area contributed by atoms with Crippen LogP contribution in [0.15, 0.2) is 0 Å². The molecule has 0 saturated carbocycles. The van der Waals surface area contributed by atoms with Gasteiger partial charge >= 0.3 is 0 Å². The van der Waals surface area contributed by atoms with Crippen molar-refractivity contribution in [1.29, 1.82) is 0 Å². The van der Waals surface area contributed by atoms with Gasteiger partial charge in [0.25, 0.3) is 0 Å². The molecule has 0 aromatic carbocycles. The number of carbonyl (C=O) groups excluding carboxylic acids is 1. The fourth-order valence-electron chi connectivity index (χ4n) is 0.287. The first-order chi connectivity index (χ1) is 5.18. The lowest BCUT2D eigenvalue weighted by atomic mass is 10.1. The maximum Gasteiger partial charge on any atom is 0.132 e. The molecule has 0 rings (SSSR count). The first-order valence-corrected chi connectivity index (χ1v) is 4.26. The van der Waals surface area contributed by atoms with Gasteiger partial charge in [0.1, 0.15) is 5.78 Å². The van der Waals surface area contributed by atoms with Gasteiger partial charge in [-0.1, -0.05) is 27.7 Å². The van der Waals surface area contributed by atoms with Crippen molar-refractivity contribution in [3.8, 4) is 0 Å². The third-order valence-electron chi connectivity index (χ3n) is 1.31. The zero-order valence-electron chi connectivity index (χ0n) is 8.77. The van der Waals surface area contributed by atoms with Crippen LogP contribution >= 0.6 is 0 Å². The van der Waals surface area contributed by atoms with Crippen LogP contribution in [0.5, 0.6) is 0 Å². The molecule has 1 atom stereocenters. The van der Waals surface area contributed by atoms with E-state index >= 15 is 0 Å². The molecular formula is C9H23NO. The molecule has 0 unspecified atom stereocenters. The van der Waals surface area contributed by atoms with Crippen LogP contribution in [0.3, 0.4) is 0 Å². The highest BCUT2D eigenvalue weighted by atomic mass is 16.1. The molecule has 2 heteroatoms. The van der Waals surface area contributed by atoms with E-state index in [1.807, 2.05) is 27.7 Å². The van der Waals surface area contributed by atoms with E-state index in [1.54, 1.807) is 6.92 Å². The van der Waals surface area contributed by atoms with Crippen LogP contribution in [0.25, 0.3) is 0 Å². The van der Waals surface area contributed by atoms with E-state index in [1.165, 1.54) is 7.05 Å². The third kappa shape index (κ3) is 17.7. The lowest BCUT2D eigenvalue weighted by molar-refractivity contribution is -0.120. The molecule has 0 aromatic heterocycles. The number of carbonyl (C=O) groups is 1. The maximum absolute atomic E-state index is 10.4. The molecule has 11 heavy (non-hydrogen) atoms. The second-order valence-corrected chi connectivity index (χ2v) is 1.92. The summed E-state index contributed by atoms with van der Waals surface area (Å²) in [6.45, 7) is 9.60. The van der Waals surface area contributed by atoms with Crippen LogP contribution in [0, 0.1) is 5.92 Å². The highest BCUT2D eigenvalue weighted by Gasteiger charge is 2.01. The summed E-state index contributed by atoms with van der Waals surface area (Å²) in [5.41, 5.74) is 4.50. The van der Waals surface area contributed by atoms with E-state index in [0.29, 0.717) is 5.78 Å². The van der Waals surface area contributed by atoms with Crippen molar-refractivity contribution in [1.82, 2.24) is 0 Å². The molecule has 0 spiro atoms. The highest BCUT2D eigenvalue weighted by Crippen LogP contribution is 1.99. The second-order valence-electron chi connectivity index (χ2n) is 1.92. The Balaban J connectivity index is -0.000000138. The van der Waals surface area contributed by atoms with Gasteiger partial charge in [0.2, 0.25) is 0 Å². The van der Waals surface area contributed by atoms with Gasteiger partial charge in [0.15, 0.2) is 0 Å². The summed E-state index contributed by atoms with van der Waals surface area (Å²) >= 11 is 0. The predicted octanol–water partition coefficient (Wildman–Crippen LogP) is 2.22. The molecule has 70 valence electrons. The Kier molecular flexibility index (Phi) is 25.1. The summed E-state index contributed by atoms with van der Waals surface area (Å²) in [5.74, 6) is 0.558. The number of nitrogens with two attached hydrogens (primary N) is 1. The van der Waals surface area contributed by atoms with E-state index < -0.39 is 0 Å². The highest BCUT2D eigenvalue weighted by molar-refractivity contribution is 5.77. The monoisotopic (exact) mass is 161 g/mol. The average Bonchev–Trinajstić information content (AvgIpc) is 2.10. The summed E-state index contributed by atoms with van der Waals surface area (Å²) in [6, 6.07) is 0. The fourth-order valence-corrected chi connectivity index (χ4v) is 0.287. The topological polar surface area (TPSA) is 43.1 Å². The zero-order valence-corrected chi connectivity index (χ0v) is 8.77. The van der Waals surface area contributed by atoms with Crippen LogP contribution < -0.4 is 5.73 Å². The van der Waals surface area contributed by atoms with Gasteiger partial charge in [-0.15, -0.1) is 0 Å². The lowest BCUT2D eigenvalue weighted by Crippen LogP contribution is -2.03. The van der Waals surface area contributed by atoms with Crippen LogP contribution in [0.2, 0.25) is 0 Å². The van der Waals surface area contributed by atoms with E-state index in [9.17, 15) is 4.79 Å². The molecule has 0 amide bonds. The summed E-state index contributed by atoms with van der Waals surface area (Å²) < 4.78 is 0. The third-order valence-corrected chi connectivity index (χ3v) is 1.31. The number of Topliss-reactive ketones (excluding diaryl/α,β-unsaturated/α-hetero) is 1. The van der Waals surface area contributed by atoms with Crippen LogP contribution in [0.1, 0.15) is 41.0 Å². The number of rotatable bonds is 2. The van der Waals surface area contributed by atoms with E-state index in [2.05, 4.69) is 5.73 Å². The van der Waals surface area contributed by atoms with E-state index in [0.717, 1.165) is 6.42 Å².